The molecule has 6 heteroatoms. The van der Waals surface area contributed by atoms with E-state index in [-0.39, 0.29) is 29.9 Å². The van der Waals surface area contributed by atoms with Crippen LogP contribution < -0.4 is 10.6 Å². The van der Waals surface area contributed by atoms with Crippen LogP contribution in [-0.2, 0) is 4.79 Å². The average Bonchev–Trinajstić information content (AvgIpc) is 2.49. The highest BCUT2D eigenvalue weighted by molar-refractivity contribution is 5.97. The van der Waals surface area contributed by atoms with Gasteiger partial charge in [0.2, 0.25) is 5.91 Å². The maximum absolute atomic E-state index is 13.6. The van der Waals surface area contributed by atoms with Crippen molar-refractivity contribution in [3.05, 3.63) is 35.6 Å². The Morgan fingerprint density at radius 2 is 1.86 bits per heavy atom. The lowest BCUT2D eigenvalue weighted by atomic mass is 10.0. The molecule has 0 aliphatic heterocycles. The van der Waals surface area contributed by atoms with E-state index >= 15 is 0 Å². The lowest BCUT2D eigenvalue weighted by molar-refractivity contribution is -0.124. The fraction of sp³-hybridized carbons (Fsp3) is 0.500. The van der Waals surface area contributed by atoms with E-state index < -0.39 is 17.8 Å². The summed E-state index contributed by atoms with van der Waals surface area (Å²) in [5.74, 6) is -1.82. The number of benzene rings is 1. The average molecular weight is 310 g/mol. The molecule has 0 aliphatic rings. The molecule has 0 saturated heterocycles. The summed E-state index contributed by atoms with van der Waals surface area (Å²) >= 11 is 0. The Hall–Kier alpha value is -1.95. The number of nitrogens with one attached hydrogen (secondary N) is 2. The Kier molecular flexibility index (Phi) is 6.98. The molecule has 122 valence electrons. The molecule has 1 rings (SSSR count). The van der Waals surface area contributed by atoms with Crippen molar-refractivity contribution in [1.82, 2.24) is 10.6 Å². The number of amides is 2. The first-order chi connectivity index (χ1) is 10.4. The van der Waals surface area contributed by atoms with Crippen LogP contribution in [0.2, 0.25) is 0 Å². The van der Waals surface area contributed by atoms with E-state index in [0.29, 0.717) is 6.54 Å². The highest BCUT2D eigenvalue weighted by Gasteiger charge is 2.25. The first-order valence-corrected chi connectivity index (χ1v) is 7.30. The van der Waals surface area contributed by atoms with Crippen LogP contribution in [0.1, 0.15) is 31.1 Å². The summed E-state index contributed by atoms with van der Waals surface area (Å²) < 4.78 is 13.6. The molecular formula is C16H23FN2O3. The van der Waals surface area contributed by atoms with E-state index in [0.717, 1.165) is 0 Å². The van der Waals surface area contributed by atoms with Crippen LogP contribution >= 0.6 is 0 Å². The Morgan fingerprint density at radius 3 is 2.41 bits per heavy atom. The SMILES string of the molecule is CC(CO)CNC(=O)C(NC(=O)c1ccccc1F)C(C)C. The van der Waals surface area contributed by atoms with Crippen molar-refractivity contribution < 1.29 is 19.1 Å². The molecule has 2 atom stereocenters. The van der Waals surface area contributed by atoms with Gasteiger partial charge in [-0.3, -0.25) is 9.59 Å². The van der Waals surface area contributed by atoms with E-state index in [1.807, 2.05) is 0 Å². The molecule has 2 amide bonds. The highest BCUT2D eigenvalue weighted by Crippen LogP contribution is 2.09. The molecule has 5 nitrogen and oxygen atoms in total. The predicted molar refractivity (Wildman–Crippen MR) is 81.8 cm³/mol. The number of rotatable bonds is 7. The van der Waals surface area contributed by atoms with Crippen LogP contribution in [0.4, 0.5) is 4.39 Å². The van der Waals surface area contributed by atoms with Crippen LogP contribution in [0.5, 0.6) is 0 Å². The summed E-state index contributed by atoms with van der Waals surface area (Å²) in [5, 5.41) is 14.2. The molecular weight excluding hydrogens is 287 g/mol. The second-order valence-electron chi connectivity index (χ2n) is 5.71. The van der Waals surface area contributed by atoms with Crippen molar-refractivity contribution in [3.63, 3.8) is 0 Å². The molecule has 3 N–H and O–H groups in total. The summed E-state index contributed by atoms with van der Waals surface area (Å²) in [6, 6.07) is 4.86. The number of aliphatic hydroxyl groups is 1. The van der Waals surface area contributed by atoms with Crippen molar-refractivity contribution in [1.29, 1.82) is 0 Å². The van der Waals surface area contributed by atoms with E-state index in [4.69, 9.17) is 5.11 Å². The molecule has 1 aromatic rings. The standard InChI is InChI=1S/C16H23FN2O3/c1-10(2)14(16(22)18-8-11(3)9-20)19-15(21)12-6-4-5-7-13(12)17/h4-7,10-11,14,20H,8-9H2,1-3H3,(H,18,22)(H,19,21). The van der Waals surface area contributed by atoms with Gasteiger partial charge in [-0.2, -0.15) is 0 Å². The predicted octanol–water partition coefficient (Wildman–Crippen LogP) is 1.32. The highest BCUT2D eigenvalue weighted by atomic mass is 19.1. The van der Waals surface area contributed by atoms with Crippen LogP contribution in [0.15, 0.2) is 24.3 Å². The van der Waals surface area contributed by atoms with E-state index in [1.54, 1.807) is 26.8 Å². The van der Waals surface area contributed by atoms with Gasteiger partial charge in [0.05, 0.1) is 5.56 Å². The zero-order valence-electron chi connectivity index (χ0n) is 13.1. The van der Waals surface area contributed by atoms with Gasteiger partial charge in [-0.1, -0.05) is 32.9 Å². The minimum Gasteiger partial charge on any atom is -0.396 e. The Balaban J connectivity index is 2.74. The minimum atomic E-state index is -0.766. The maximum Gasteiger partial charge on any atom is 0.254 e. The molecule has 0 spiro atoms. The molecule has 0 aliphatic carbocycles. The van der Waals surface area contributed by atoms with Gasteiger partial charge in [-0.25, -0.2) is 4.39 Å². The van der Waals surface area contributed by atoms with Gasteiger partial charge in [-0.05, 0) is 24.0 Å². The molecule has 0 radical (unpaired) electrons. The van der Waals surface area contributed by atoms with E-state index in [2.05, 4.69) is 10.6 Å². The van der Waals surface area contributed by atoms with Gasteiger partial charge in [0, 0.05) is 13.2 Å². The van der Waals surface area contributed by atoms with E-state index in [9.17, 15) is 14.0 Å². The first-order valence-electron chi connectivity index (χ1n) is 7.30. The molecule has 1 aromatic carbocycles. The topological polar surface area (TPSA) is 78.4 Å². The fourth-order valence-electron chi connectivity index (χ4n) is 1.85. The number of aliphatic hydroxyl groups excluding tert-OH is 1. The molecule has 0 aromatic heterocycles. The smallest absolute Gasteiger partial charge is 0.254 e. The zero-order valence-corrected chi connectivity index (χ0v) is 13.1. The van der Waals surface area contributed by atoms with Crippen LogP contribution in [-0.4, -0.2) is 36.1 Å². The molecule has 2 unspecified atom stereocenters. The van der Waals surface area contributed by atoms with Crippen molar-refractivity contribution in [2.75, 3.05) is 13.2 Å². The second-order valence-corrected chi connectivity index (χ2v) is 5.71. The normalized spacial score (nSPS) is 13.5. The Labute approximate surface area is 129 Å². The van der Waals surface area contributed by atoms with Gasteiger partial charge < -0.3 is 15.7 Å². The number of hydrogen-bond acceptors (Lipinski definition) is 3. The third-order valence-corrected chi connectivity index (χ3v) is 3.29. The lowest BCUT2D eigenvalue weighted by Crippen LogP contribution is -2.50. The monoisotopic (exact) mass is 310 g/mol. The molecule has 0 fully saturated rings. The lowest BCUT2D eigenvalue weighted by Gasteiger charge is -2.22. The van der Waals surface area contributed by atoms with Crippen LogP contribution in [0.3, 0.4) is 0 Å². The third kappa shape index (κ3) is 5.11. The van der Waals surface area contributed by atoms with Crippen LogP contribution in [0.25, 0.3) is 0 Å². The number of halogens is 1. The fourth-order valence-corrected chi connectivity index (χ4v) is 1.85. The zero-order chi connectivity index (χ0) is 16.7. The minimum absolute atomic E-state index is 0.0335. The molecule has 0 saturated carbocycles. The third-order valence-electron chi connectivity index (χ3n) is 3.29. The molecule has 0 bridgehead atoms. The first kappa shape index (κ1) is 18.1. The number of carbonyl (C=O) groups excluding carboxylic acids is 2. The van der Waals surface area contributed by atoms with Gasteiger partial charge >= 0.3 is 0 Å². The molecule has 0 heterocycles. The van der Waals surface area contributed by atoms with Crippen molar-refractivity contribution >= 4 is 11.8 Å². The maximum atomic E-state index is 13.6. The Morgan fingerprint density at radius 1 is 1.23 bits per heavy atom. The Bertz CT molecular complexity index is 520. The van der Waals surface area contributed by atoms with Crippen molar-refractivity contribution in [2.24, 2.45) is 11.8 Å². The molecule has 22 heavy (non-hydrogen) atoms. The van der Waals surface area contributed by atoms with Gasteiger partial charge in [-0.15, -0.1) is 0 Å². The van der Waals surface area contributed by atoms with Crippen molar-refractivity contribution in [2.45, 2.75) is 26.8 Å². The van der Waals surface area contributed by atoms with Gasteiger partial charge in [0.15, 0.2) is 0 Å². The van der Waals surface area contributed by atoms with Gasteiger partial charge in [0.1, 0.15) is 11.9 Å². The summed E-state index contributed by atoms with van der Waals surface area (Å²) in [5.41, 5.74) is -0.0929. The second kappa shape index (κ2) is 8.48. The number of hydrogen-bond donors (Lipinski definition) is 3. The van der Waals surface area contributed by atoms with Gasteiger partial charge in [0.25, 0.3) is 5.91 Å². The van der Waals surface area contributed by atoms with Crippen molar-refractivity contribution in [3.8, 4) is 0 Å². The van der Waals surface area contributed by atoms with Crippen LogP contribution in [0, 0.1) is 17.7 Å². The summed E-state index contributed by atoms with van der Waals surface area (Å²) in [6.45, 7) is 5.66. The number of carbonyl (C=O) groups is 2. The quantitative estimate of drug-likeness (QED) is 0.711. The summed E-state index contributed by atoms with van der Waals surface area (Å²) in [4.78, 5) is 24.3. The summed E-state index contributed by atoms with van der Waals surface area (Å²) in [6.07, 6.45) is 0. The van der Waals surface area contributed by atoms with E-state index in [1.165, 1.54) is 18.2 Å². The summed E-state index contributed by atoms with van der Waals surface area (Å²) in [7, 11) is 0. The largest absolute Gasteiger partial charge is 0.396 e.